The predicted octanol–water partition coefficient (Wildman–Crippen LogP) is 3.60. The van der Waals surface area contributed by atoms with Crippen LogP contribution in [0.2, 0.25) is 5.02 Å². The van der Waals surface area contributed by atoms with Crippen LogP contribution >= 0.6 is 36.4 Å². The second kappa shape index (κ2) is 9.34. The van der Waals surface area contributed by atoms with E-state index in [0.29, 0.717) is 6.54 Å². The molecule has 1 aliphatic rings. The van der Waals surface area contributed by atoms with E-state index < -0.39 is 5.82 Å². The van der Waals surface area contributed by atoms with Crippen molar-refractivity contribution in [3.05, 3.63) is 63.2 Å². The molecule has 1 aliphatic heterocycles. The summed E-state index contributed by atoms with van der Waals surface area (Å²) in [5.74, 6) is -0.874. The molecule has 2 heterocycles. The lowest BCUT2D eigenvalue weighted by Gasteiger charge is -2.21. The average Bonchev–Trinajstić information content (AvgIpc) is 2.52. The van der Waals surface area contributed by atoms with E-state index in [0.717, 1.165) is 30.8 Å². The Labute approximate surface area is 163 Å². The molecule has 0 aliphatic carbocycles. The zero-order valence-corrected chi connectivity index (χ0v) is 16.0. The Bertz CT molecular complexity index is 751. The number of hydrogen-bond acceptors (Lipinski definition) is 3. The molecule has 2 aromatic rings. The number of carbonyl (C=O) groups is 1. The first-order chi connectivity index (χ1) is 11.0. The van der Waals surface area contributed by atoms with Gasteiger partial charge in [0.15, 0.2) is 0 Å². The number of aryl methyl sites for hydroxylation is 1. The highest BCUT2D eigenvalue weighted by atomic mass is 35.5. The molecule has 25 heavy (non-hydrogen) atoms. The van der Waals surface area contributed by atoms with Gasteiger partial charge in [-0.1, -0.05) is 11.6 Å². The molecule has 1 aromatic carbocycles. The van der Waals surface area contributed by atoms with E-state index in [9.17, 15) is 9.18 Å². The number of benzene rings is 1. The minimum Gasteiger partial charge on any atom is -0.348 e. The SMILES string of the molecule is Cc1ncc2c(c1CNC(=O)c1cc(F)cc(Cl)c1)CCNC2.Cl.Cl. The number of pyridine rings is 1. The maximum absolute atomic E-state index is 13.4. The zero-order chi connectivity index (χ0) is 16.4. The highest BCUT2D eigenvalue weighted by Crippen LogP contribution is 2.20. The molecule has 0 saturated carbocycles. The topological polar surface area (TPSA) is 54.0 Å². The van der Waals surface area contributed by atoms with Crippen LogP contribution in [-0.2, 0) is 19.5 Å². The molecule has 4 nitrogen and oxygen atoms in total. The summed E-state index contributed by atoms with van der Waals surface area (Å²) in [5.41, 5.74) is 4.57. The van der Waals surface area contributed by atoms with Gasteiger partial charge in [0.2, 0.25) is 0 Å². The van der Waals surface area contributed by atoms with Gasteiger partial charge in [-0.15, -0.1) is 24.8 Å². The summed E-state index contributed by atoms with van der Waals surface area (Å²) >= 11 is 5.79. The van der Waals surface area contributed by atoms with Crippen LogP contribution in [0.4, 0.5) is 4.39 Å². The third kappa shape index (κ3) is 5.05. The molecular weight excluding hydrogens is 388 g/mol. The second-order valence-electron chi connectivity index (χ2n) is 5.59. The summed E-state index contributed by atoms with van der Waals surface area (Å²) in [4.78, 5) is 16.6. The van der Waals surface area contributed by atoms with Gasteiger partial charge in [0.05, 0.1) is 0 Å². The van der Waals surface area contributed by atoms with Crippen LogP contribution in [-0.4, -0.2) is 17.4 Å². The van der Waals surface area contributed by atoms with Crippen molar-refractivity contribution in [1.82, 2.24) is 15.6 Å². The first kappa shape index (κ1) is 21.6. The van der Waals surface area contributed by atoms with Crippen LogP contribution in [0.3, 0.4) is 0 Å². The van der Waals surface area contributed by atoms with Gasteiger partial charge in [-0.25, -0.2) is 4.39 Å². The zero-order valence-electron chi connectivity index (χ0n) is 13.6. The lowest BCUT2D eigenvalue weighted by atomic mass is 9.96. The Morgan fingerprint density at radius 1 is 1.36 bits per heavy atom. The van der Waals surface area contributed by atoms with Crippen LogP contribution < -0.4 is 10.6 Å². The van der Waals surface area contributed by atoms with Crippen LogP contribution in [0.5, 0.6) is 0 Å². The van der Waals surface area contributed by atoms with Crippen LogP contribution in [0.15, 0.2) is 24.4 Å². The lowest BCUT2D eigenvalue weighted by molar-refractivity contribution is 0.0950. The Balaban J connectivity index is 0.00000156. The van der Waals surface area contributed by atoms with Gasteiger partial charge < -0.3 is 10.6 Å². The minimum atomic E-state index is -0.524. The van der Waals surface area contributed by atoms with Gasteiger partial charge in [0.25, 0.3) is 5.91 Å². The van der Waals surface area contributed by atoms with Crippen molar-refractivity contribution in [3.8, 4) is 0 Å². The summed E-state index contributed by atoms with van der Waals surface area (Å²) < 4.78 is 13.4. The number of carbonyl (C=O) groups excluding carboxylic acids is 1. The number of hydrogen-bond donors (Lipinski definition) is 2. The molecule has 0 radical (unpaired) electrons. The molecule has 0 unspecified atom stereocenters. The highest BCUT2D eigenvalue weighted by Gasteiger charge is 2.17. The monoisotopic (exact) mass is 405 g/mol. The first-order valence-corrected chi connectivity index (χ1v) is 7.83. The minimum absolute atomic E-state index is 0. The summed E-state index contributed by atoms with van der Waals surface area (Å²) in [7, 11) is 0. The number of aromatic nitrogens is 1. The third-order valence-corrected chi connectivity index (χ3v) is 4.24. The van der Waals surface area contributed by atoms with Crippen molar-refractivity contribution >= 4 is 42.3 Å². The van der Waals surface area contributed by atoms with Crippen molar-refractivity contribution in [2.45, 2.75) is 26.4 Å². The number of halogens is 4. The van der Waals surface area contributed by atoms with E-state index in [-0.39, 0.29) is 41.3 Å². The fourth-order valence-corrected chi connectivity index (χ4v) is 3.06. The maximum atomic E-state index is 13.4. The van der Waals surface area contributed by atoms with Crippen LogP contribution in [0.1, 0.15) is 32.7 Å². The summed E-state index contributed by atoms with van der Waals surface area (Å²) in [5, 5.41) is 6.35. The van der Waals surface area contributed by atoms with E-state index in [1.807, 2.05) is 13.1 Å². The van der Waals surface area contributed by atoms with Crippen molar-refractivity contribution < 1.29 is 9.18 Å². The quantitative estimate of drug-likeness (QED) is 0.819. The van der Waals surface area contributed by atoms with E-state index in [1.54, 1.807) is 0 Å². The van der Waals surface area contributed by atoms with Gasteiger partial charge in [-0.3, -0.25) is 9.78 Å². The Kier molecular flexibility index (Phi) is 8.09. The second-order valence-corrected chi connectivity index (χ2v) is 6.03. The van der Waals surface area contributed by atoms with Crippen molar-refractivity contribution in [2.24, 2.45) is 0 Å². The van der Waals surface area contributed by atoms with Crippen LogP contribution in [0, 0.1) is 12.7 Å². The third-order valence-electron chi connectivity index (χ3n) is 4.02. The number of rotatable bonds is 3. The smallest absolute Gasteiger partial charge is 0.251 e. The molecule has 8 heteroatoms. The molecule has 0 bridgehead atoms. The fraction of sp³-hybridized carbons (Fsp3) is 0.294. The molecule has 1 amide bonds. The van der Waals surface area contributed by atoms with Crippen molar-refractivity contribution in [1.29, 1.82) is 0 Å². The molecule has 0 atom stereocenters. The molecule has 1 aromatic heterocycles. The van der Waals surface area contributed by atoms with E-state index >= 15 is 0 Å². The Hall–Kier alpha value is -1.40. The van der Waals surface area contributed by atoms with Gasteiger partial charge in [-0.2, -0.15) is 0 Å². The van der Waals surface area contributed by atoms with Gasteiger partial charge in [0.1, 0.15) is 5.82 Å². The first-order valence-electron chi connectivity index (χ1n) is 7.46. The van der Waals surface area contributed by atoms with Crippen molar-refractivity contribution in [3.63, 3.8) is 0 Å². The van der Waals surface area contributed by atoms with Crippen LogP contribution in [0.25, 0.3) is 0 Å². The number of amides is 1. The van der Waals surface area contributed by atoms with Crippen molar-refractivity contribution in [2.75, 3.05) is 6.54 Å². The Morgan fingerprint density at radius 3 is 2.84 bits per heavy atom. The lowest BCUT2D eigenvalue weighted by Crippen LogP contribution is -2.28. The highest BCUT2D eigenvalue weighted by molar-refractivity contribution is 6.31. The van der Waals surface area contributed by atoms with E-state index in [1.165, 1.54) is 29.3 Å². The van der Waals surface area contributed by atoms with E-state index in [2.05, 4.69) is 15.6 Å². The number of fused-ring (bicyclic) bond motifs is 1. The molecule has 3 rings (SSSR count). The number of nitrogens with zero attached hydrogens (tertiary/aromatic N) is 1. The largest absolute Gasteiger partial charge is 0.348 e. The average molecular weight is 407 g/mol. The Morgan fingerprint density at radius 2 is 2.12 bits per heavy atom. The fourth-order valence-electron chi connectivity index (χ4n) is 2.83. The summed E-state index contributed by atoms with van der Waals surface area (Å²) in [6.07, 6.45) is 2.80. The molecule has 0 saturated heterocycles. The molecule has 136 valence electrons. The van der Waals surface area contributed by atoms with Gasteiger partial charge in [-0.05, 0) is 54.8 Å². The van der Waals surface area contributed by atoms with Gasteiger partial charge in [0, 0.05) is 35.6 Å². The normalized spacial score (nSPS) is 12.4. The molecule has 0 spiro atoms. The molecular formula is C17H19Cl3FN3O. The summed E-state index contributed by atoms with van der Waals surface area (Å²) in [6, 6.07) is 3.80. The maximum Gasteiger partial charge on any atom is 0.251 e. The molecule has 2 N–H and O–H groups in total. The van der Waals surface area contributed by atoms with Gasteiger partial charge >= 0.3 is 0 Å². The number of nitrogens with one attached hydrogen (secondary N) is 2. The molecule has 0 fully saturated rings. The predicted molar refractivity (Wildman–Crippen MR) is 101 cm³/mol. The van der Waals surface area contributed by atoms with E-state index in [4.69, 9.17) is 11.6 Å². The summed E-state index contributed by atoms with van der Waals surface area (Å²) in [6.45, 7) is 4.01. The standard InChI is InChI=1S/C17H17ClFN3O.2ClH/c1-10-16(15-2-3-20-7-12(15)8-21-10)9-22-17(23)11-4-13(18)6-14(19)5-11;;/h4-6,8,20H,2-3,7,9H2,1H3,(H,22,23);2*1H.